The maximum absolute atomic E-state index is 12.3. The molecule has 1 aliphatic heterocycles. The van der Waals surface area contributed by atoms with Gasteiger partial charge in [-0.2, -0.15) is 0 Å². The van der Waals surface area contributed by atoms with Crippen molar-refractivity contribution >= 4 is 23.3 Å². The number of hydrogen-bond acceptors (Lipinski definition) is 3. The van der Waals surface area contributed by atoms with Gasteiger partial charge in [0.05, 0.1) is 6.61 Å². The van der Waals surface area contributed by atoms with Crippen LogP contribution in [0.5, 0.6) is 5.75 Å². The molecule has 2 N–H and O–H groups in total. The summed E-state index contributed by atoms with van der Waals surface area (Å²) in [4.78, 5) is 28.5. The lowest BCUT2D eigenvalue weighted by Crippen LogP contribution is -2.30. The standard InChI is InChI=1S/C19H23N3O3/c1-2-22(17-5-3-11-20-17)19(24)6-4-12-25-15-8-9-16-14(13-15)7-10-18(23)21-16/h3,5,8-9,11,13,20H,2,4,6-7,10,12H2,1H3,(H,21,23). The van der Waals surface area contributed by atoms with Gasteiger partial charge in [-0.05, 0) is 55.7 Å². The van der Waals surface area contributed by atoms with Crippen molar-refractivity contribution in [2.45, 2.75) is 32.6 Å². The third-order valence-corrected chi connectivity index (χ3v) is 4.27. The number of aryl methyl sites for hydroxylation is 1. The molecular formula is C19H23N3O3. The van der Waals surface area contributed by atoms with E-state index in [1.807, 2.05) is 43.5 Å². The Hall–Kier alpha value is -2.76. The Morgan fingerprint density at radius 1 is 1.28 bits per heavy atom. The van der Waals surface area contributed by atoms with Crippen LogP contribution in [0.15, 0.2) is 36.5 Å². The summed E-state index contributed by atoms with van der Waals surface area (Å²) in [5, 5.41) is 2.85. The molecule has 1 aliphatic rings. The molecule has 0 atom stereocenters. The van der Waals surface area contributed by atoms with E-state index in [2.05, 4.69) is 10.3 Å². The quantitative estimate of drug-likeness (QED) is 0.760. The number of nitrogens with one attached hydrogen (secondary N) is 2. The lowest BCUT2D eigenvalue weighted by atomic mass is 10.0. The largest absolute Gasteiger partial charge is 0.494 e. The molecule has 0 spiro atoms. The van der Waals surface area contributed by atoms with Crippen molar-refractivity contribution < 1.29 is 14.3 Å². The Bertz CT molecular complexity index is 740. The summed E-state index contributed by atoms with van der Waals surface area (Å²) in [5.74, 6) is 1.74. The molecule has 0 fully saturated rings. The van der Waals surface area contributed by atoms with Crippen LogP contribution in [0.3, 0.4) is 0 Å². The van der Waals surface area contributed by atoms with Gasteiger partial charge in [0.2, 0.25) is 11.8 Å². The van der Waals surface area contributed by atoms with Crippen molar-refractivity contribution in [1.29, 1.82) is 0 Å². The maximum atomic E-state index is 12.3. The van der Waals surface area contributed by atoms with Crippen molar-refractivity contribution in [1.82, 2.24) is 4.98 Å². The van der Waals surface area contributed by atoms with Crippen molar-refractivity contribution in [3.8, 4) is 5.75 Å². The highest BCUT2D eigenvalue weighted by atomic mass is 16.5. The van der Waals surface area contributed by atoms with E-state index in [4.69, 9.17) is 4.74 Å². The first-order valence-electron chi connectivity index (χ1n) is 8.66. The zero-order chi connectivity index (χ0) is 17.6. The molecule has 1 aromatic carbocycles. The van der Waals surface area contributed by atoms with Gasteiger partial charge in [-0.1, -0.05) is 0 Å². The molecule has 6 heteroatoms. The number of amides is 2. The molecule has 1 aromatic heterocycles. The zero-order valence-electron chi connectivity index (χ0n) is 14.4. The van der Waals surface area contributed by atoms with Crippen molar-refractivity contribution in [2.75, 3.05) is 23.4 Å². The molecule has 0 radical (unpaired) electrons. The Morgan fingerprint density at radius 2 is 2.16 bits per heavy atom. The fourth-order valence-electron chi connectivity index (χ4n) is 2.97. The second-order valence-electron chi connectivity index (χ2n) is 6.01. The second kappa shape index (κ2) is 7.88. The number of anilines is 2. The van der Waals surface area contributed by atoms with Crippen LogP contribution in [0.25, 0.3) is 0 Å². The molecule has 0 bridgehead atoms. The average molecular weight is 341 g/mol. The lowest BCUT2D eigenvalue weighted by Gasteiger charge is -2.19. The van der Waals surface area contributed by atoms with Gasteiger partial charge >= 0.3 is 0 Å². The fourth-order valence-corrected chi connectivity index (χ4v) is 2.97. The highest BCUT2D eigenvalue weighted by molar-refractivity contribution is 5.94. The van der Waals surface area contributed by atoms with Gasteiger partial charge < -0.3 is 15.0 Å². The molecule has 132 valence electrons. The van der Waals surface area contributed by atoms with Gasteiger partial charge in [0.15, 0.2) is 0 Å². The Labute approximate surface area is 147 Å². The Balaban J connectivity index is 1.47. The van der Waals surface area contributed by atoms with Gasteiger partial charge in [0.25, 0.3) is 0 Å². The van der Waals surface area contributed by atoms with Gasteiger partial charge in [0.1, 0.15) is 11.6 Å². The molecule has 3 rings (SSSR count). The summed E-state index contributed by atoms with van der Waals surface area (Å²) < 4.78 is 5.76. The minimum atomic E-state index is 0.0576. The number of benzene rings is 1. The monoisotopic (exact) mass is 341 g/mol. The SMILES string of the molecule is CCN(C(=O)CCCOc1ccc2c(c1)CCC(=O)N2)c1ccc[nH]1. The minimum absolute atomic E-state index is 0.0576. The highest BCUT2D eigenvalue weighted by Crippen LogP contribution is 2.26. The number of nitrogens with zero attached hydrogens (tertiary/aromatic N) is 1. The van der Waals surface area contributed by atoms with E-state index in [1.165, 1.54) is 0 Å². The molecule has 0 saturated carbocycles. The van der Waals surface area contributed by atoms with E-state index >= 15 is 0 Å². The molecular weight excluding hydrogens is 318 g/mol. The van der Waals surface area contributed by atoms with Crippen LogP contribution in [-0.2, 0) is 16.0 Å². The number of ether oxygens (including phenoxy) is 1. The third-order valence-electron chi connectivity index (χ3n) is 4.27. The summed E-state index contributed by atoms with van der Waals surface area (Å²) in [6.07, 6.45) is 4.15. The number of carbonyl (C=O) groups excluding carboxylic acids is 2. The van der Waals surface area contributed by atoms with E-state index in [-0.39, 0.29) is 11.8 Å². The summed E-state index contributed by atoms with van der Waals surface area (Å²) >= 11 is 0. The van der Waals surface area contributed by atoms with Crippen LogP contribution in [0.4, 0.5) is 11.5 Å². The first kappa shape index (κ1) is 17.1. The van der Waals surface area contributed by atoms with Crippen LogP contribution < -0.4 is 15.0 Å². The Kier molecular flexibility index (Phi) is 5.38. The van der Waals surface area contributed by atoms with Crippen LogP contribution in [0.2, 0.25) is 0 Å². The minimum Gasteiger partial charge on any atom is -0.494 e. The van der Waals surface area contributed by atoms with E-state index < -0.39 is 0 Å². The van der Waals surface area contributed by atoms with Crippen LogP contribution >= 0.6 is 0 Å². The number of rotatable bonds is 7. The molecule has 2 heterocycles. The van der Waals surface area contributed by atoms with E-state index in [1.54, 1.807) is 4.90 Å². The lowest BCUT2D eigenvalue weighted by molar-refractivity contribution is -0.119. The number of H-pyrrole nitrogens is 1. The van der Waals surface area contributed by atoms with Crippen molar-refractivity contribution in [3.63, 3.8) is 0 Å². The topological polar surface area (TPSA) is 74.4 Å². The van der Waals surface area contributed by atoms with Crippen LogP contribution in [0, 0.1) is 0 Å². The number of aromatic amines is 1. The van der Waals surface area contributed by atoms with Crippen molar-refractivity contribution in [3.05, 3.63) is 42.1 Å². The van der Waals surface area contributed by atoms with Crippen LogP contribution in [0.1, 0.15) is 31.7 Å². The van der Waals surface area contributed by atoms with Gasteiger partial charge in [0, 0.05) is 31.3 Å². The van der Waals surface area contributed by atoms with Crippen LogP contribution in [-0.4, -0.2) is 29.9 Å². The maximum Gasteiger partial charge on any atom is 0.228 e. The number of fused-ring (bicyclic) bond motifs is 1. The first-order chi connectivity index (χ1) is 12.2. The van der Waals surface area contributed by atoms with Crippen molar-refractivity contribution in [2.24, 2.45) is 0 Å². The number of carbonyl (C=O) groups is 2. The summed E-state index contributed by atoms with van der Waals surface area (Å²) in [7, 11) is 0. The predicted octanol–water partition coefficient (Wildman–Crippen LogP) is 3.11. The summed E-state index contributed by atoms with van der Waals surface area (Å²) in [6.45, 7) is 3.08. The molecule has 6 nitrogen and oxygen atoms in total. The molecule has 0 aliphatic carbocycles. The molecule has 25 heavy (non-hydrogen) atoms. The third kappa shape index (κ3) is 4.21. The van der Waals surface area contributed by atoms with Gasteiger partial charge in [-0.3, -0.25) is 14.5 Å². The smallest absolute Gasteiger partial charge is 0.228 e. The highest BCUT2D eigenvalue weighted by Gasteiger charge is 2.16. The fraction of sp³-hybridized carbons (Fsp3) is 0.368. The molecule has 2 aromatic rings. The van der Waals surface area contributed by atoms with E-state index in [0.29, 0.717) is 32.4 Å². The Morgan fingerprint density at radius 3 is 2.92 bits per heavy atom. The van der Waals surface area contributed by atoms with Gasteiger partial charge in [-0.15, -0.1) is 0 Å². The predicted molar refractivity (Wildman–Crippen MR) is 96.9 cm³/mol. The van der Waals surface area contributed by atoms with E-state index in [0.717, 1.165) is 29.2 Å². The molecule has 0 saturated heterocycles. The average Bonchev–Trinajstić information content (AvgIpc) is 3.13. The van der Waals surface area contributed by atoms with E-state index in [9.17, 15) is 9.59 Å². The number of aromatic nitrogens is 1. The number of hydrogen-bond donors (Lipinski definition) is 2. The zero-order valence-corrected chi connectivity index (χ0v) is 14.4. The summed E-state index contributed by atoms with van der Waals surface area (Å²) in [6, 6.07) is 9.46. The normalized spacial score (nSPS) is 13.1. The second-order valence-corrected chi connectivity index (χ2v) is 6.01. The van der Waals surface area contributed by atoms with Gasteiger partial charge in [-0.25, -0.2) is 0 Å². The summed E-state index contributed by atoms with van der Waals surface area (Å²) in [5.41, 5.74) is 1.96. The molecule has 0 unspecified atom stereocenters. The molecule has 2 amide bonds. The first-order valence-corrected chi connectivity index (χ1v) is 8.66.